The van der Waals surface area contributed by atoms with Gasteiger partial charge in [0.2, 0.25) is 0 Å². The van der Waals surface area contributed by atoms with Crippen molar-refractivity contribution < 1.29 is 23.7 Å². The monoisotopic (exact) mass is 340 g/mol. The van der Waals surface area contributed by atoms with Crippen LogP contribution < -0.4 is 0 Å². The fourth-order valence-corrected chi connectivity index (χ4v) is 2.97. The summed E-state index contributed by atoms with van der Waals surface area (Å²) < 4.78 is 20.7. The van der Waals surface area contributed by atoms with E-state index < -0.39 is 0 Å². The normalized spacial score (nSPS) is 13.2. The molecular weight excluding hydrogens is 316 g/mol. The lowest BCUT2D eigenvalue weighted by atomic mass is 10.1. The Morgan fingerprint density at radius 3 is 2.26 bits per heavy atom. The van der Waals surface area contributed by atoms with Crippen molar-refractivity contribution in [3.05, 3.63) is 41.3 Å². The number of methoxy groups -OCH3 is 4. The second-order valence-corrected chi connectivity index (χ2v) is 5.95. The summed E-state index contributed by atoms with van der Waals surface area (Å²) in [6, 6.07) is 9.85. The molecule has 23 heavy (non-hydrogen) atoms. The highest BCUT2D eigenvalue weighted by Crippen LogP contribution is 2.31. The predicted octanol–water partition coefficient (Wildman–Crippen LogP) is 3.25. The fourth-order valence-electron chi connectivity index (χ4n) is 1.95. The molecule has 1 rings (SSSR count). The highest BCUT2D eigenvalue weighted by molar-refractivity contribution is 8.03. The van der Waals surface area contributed by atoms with E-state index in [-0.39, 0.29) is 18.4 Å². The van der Waals surface area contributed by atoms with Gasteiger partial charge in [0.15, 0.2) is 6.29 Å². The molecule has 0 amide bonds. The maximum absolute atomic E-state index is 11.6. The van der Waals surface area contributed by atoms with Gasteiger partial charge in [-0.1, -0.05) is 30.0 Å². The van der Waals surface area contributed by atoms with Gasteiger partial charge in [-0.05, 0) is 17.0 Å². The topological polar surface area (TPSA) is 54.0 Å². The number of thioether (sulfide) groups is 1. The summed E-state index contributed by atoms with van der Waals surface area (Å²) in [5.74, 6) is -0.381. The summed E-state index contributed by atoms with van der Waals surface area (Å²) in [4.78, 5) is 13.5. The van der Waals surface area contributed by atoms with Crippen LogP contribution in [0, 0.1) is 0 Å². The number of rotatable bonds is 10. The zero-order chi connectivity index (χ0) is 17.1. The van der Waals surface area contributed by atoms with Gasteiger partial charge in [-0.2, -0.15) is 0 Å². The molecule has 0 saturated heterocycles. The zero-order valence-electron chi connectivity index (χ0n) is 14.0. The molecule has 0 aromatic heterocycles. The van der Waals surface area contributed by atoms with E-state index in [1.165, 1.54) is 24.9 Å². The van der Waals surface area contributed by atoms with E-state index in [0.29, 0.717) is 12.8 Å². The molecule has 0 radical (unpaired) electrons. The van der Waals surface area contributed by atoms with Crippen LogP contribution in [0.5, 0.6) is 0 Å². The Kier molecular flexibility index (Phi) is 9.63. The van der Waals surface area contributed by atoms with Crippen LogP contribution >= 0.6 is 11.8 Å². The van der Waals surface area contributed by atoms with Crippen LogP contribution in [0.25, 0.3) is 0 Å². The van der Waals surface area contributed by atoms with Gasteiger partial charge in [0.05, 0.1) is 13.2 Å². The van der Waals surface area contributed by atoms with Crippen molar-refractivity contribution >= 4 is 17.7 Å². The second-order valence-electron chi connectivity index (χ2n) is 4.75. The molecule has 1 aromatic carbocycles. The molecule has 6 heteroatoms. The minimum Gasteiger partial charge on any atom is -0.466 e. The molecule has 0 aliphatic rings. The van der Waals surface area contributed by atoms with Crippen molar-refractivity contribution in [1.82, 2.24) is 0 Å². The first-order valence-corrected chi connectivity index (χ1v) is 8.04. The first-order chi connectivity index (χ1) is 11.1. The smallest absolute Gasteiger partial charge is 0.331 e. The molecule has 0 N–H and O–H groups in total. The molecule has 1 atom stereocenters. The maximum Gasteiger partial charge on any atom is 0.331 e. The molecule has 0 spiro atoms. The number of carbonyl (C=O) groups excluding carboxylic acids is 1. The standard InChI is InChI=1S/C17H24O5S/c1-19-13(11-17(21-3)22-4)10-15(12-16(18)20-2)23-14-8-6-5-7-9-14/h5-9,12-13,17H,10-11H2,1-4H3/b15-12-. The highest BCUT2D eigenvalue weighted by Gasteiger charge is 2.18. The zero-order valence-corrected chi connectivity index (χ0v) is 14.8. The molecule has 0 fully saturated rings. The average molecular weight is 340 g/mol. The summed E-state index contributed by atoms with van der Waals surface area (Å²) in [6.45, 7) is 0. The van der Waals surface area contributed by atoms with Gasteiger partial charge in [0.1, 0.15) is 0 Å². The molecular formula is C17H24O5S. The van der Waals surface area contributed by atoms with E-state index in [1.54, 1.807) is 21.3 Å². The number of hydrogen-bond donors (Lipinski definition) is 0. The number of benzene rings is 1. The lowest BCUT2D eigenvalue weighted by Gasteiger charge is -2.21. The van der Waals surface area contributed by atoms with E-state index in [0.717, 1.165) is 9.80 Å². The Morgan fingerprint density at radius 1 is 1.09 bits per heavy atom. The number of carbonyl (C=O) groups is 1. The van der Waals surface area contributed by atoms with E-state index >= 15 is 0 Å². The molecule has 0 bridgehead atoms. The Hall–Kier alpha value is -1.34. The summed E-state index contributed by atoms with van der Waals surface area (Å²) in [6.07, 6.45) is 2.15. The first-order valence-electron chi connectivity index (χ1n) is 7.22. The quantitative estimate of drug-likeness (QED) is 0.282. The molecule has 0 aliphatic carbocycles. The molecule has 5 nitrogen and oxygen atoms in total. The van der Waals surface area contributed by atoms with Crippen molar-refractivity contribution in [1.29, 1.82) is 0 Å². The molecule has 1 aromatic rings. The SMILES string of the molecule is COC(=O)/C=C(/CC(CC(OC)OC)OC)Sc1ccccc1. The van der Waals surface area contributed by atoms with Gasteiger partial charge in [-0.3, -0.25) is 0 Å². The van der Waals surface area contributed by atoms with Crippen molar-refractivity contribution in [2.24, 2.45) is 0 Å². The molecule has 0 aliphatic heterocycles. The van der Waals surface area contributed by atoms with Crippen molar-refractivity contribution in [3.63, 3.8) is 0 Å². The van der Waals surface area contributed by atoms with E-state index in [9.17, 15) is 4.79 Å². The van der Waals surface area contributed by atoms with Crippen LogP contribution in [0.15, 0.2) is 46.2 Å². The van der Waals surface area contributed by atoms with Gasteiger partial charge in [0.25, 0.3) is 0 Å². The first kappa shape index (κ1) is 19.7. The largest absolute Gasteiger partial charge is 0.466 e. The van der Waals surface area contributed by atoms with Gasteiger partial charge in [-0.15, -0.1) is 0 Å². The van der Waals surface area contributed by atoms with Crippen LogP contribution in [0.2, 0.25) is 0 Å². The minimum atomic E-state index is -0.381. The second kappa shape index (κ2) is 11.2. The third-order valence-corrected chi connectivity index (χ3v) is 4.27. The predicted molar refractivity (Wildman–Crippen MR) is 90.2 cm³/mol. The van der Waals surface area contributed by atoms with Gasteiger partial charge in [0, 0.05) is 45.1 Å². The van der Waals surface area contributed by atoms with Crippen LogP contribution in [-0.2, 0) is 23.7 Å². The van der Waals surface area contributed by atoms with Gasteiger partial charge >= 0.3 is 5.97 Å². The van der Waals surface area contributed by atoms with Crippen LogP contribution in [0.4, 0.5) is 0 Å². The number of hydrogen-bond acceptors (Lipinski definition) is 6. The lowest BCUT2D eigenvalue weighted by Crippen LogP contribution is -2.23. The molecule has 1 unspecified atom stereocenters. The third-order valence-electron chi connectivity index (χ3n) is 3.22. The summed E-state index contributed by atoms with van der Waals surface area (Å²) >= 11 is 1.52. The Balaban J connectivity index is 2.82. The Labute approximate surface area is 141 Å². The summed E-state index contributed by atoms with van der Waals surface area (Å²) in [5.41, 5.74) is 0. The molecule has 0 heterocycles. The maximum atomic E-state index is 11.6. The number of ether oxygens (including phenoxy) is 4. The lowest BCUT2D eigenvalue weighted by molar-refractivity contribution is -0.134. The van der Waals surface area contributed by atoms with E-state index in [1.807, 2.05) is 30.3 Å². The highest BCUT2D eigenvalue weighted by atomic mass is 32.2. The Bertz CT molecular complexity index is 485. The summed E-state index contributed by atoms with van der Waals surface area (Å²) in [5, 5.41) is 0. The molecule has 128 valence electrons. The Morgan fingerprint density at radius 2 is 1.74 bits per heavy atom. The third kappa shape index (κ3) is 7.65. The van der Waals surface area contributed by atoms with Gasteiger partial charge in [-0.25, -0.2) is 4.79 Å². The van der Waals surface area contributed by atoms with Crippen molar-refractivity contribution in [2.45, 2.75) is 30.1 Å². The molecule has 0 saturated carbocycles. The number of esters is 1. The van der Waals surface area contributed by atoms with Gasteiger partial charge < -0.3 is 18.9 Å². The van der Waals surface area contributed by atoms with Crippen molar-refractivity contribution in [2.75, 3.05) is 28.4 Å². The fraction of sp³-hybridized carbons (Fsp3) is 0.471. The minimum absolute atomic E-state index is 0.132. The van der Waals surface area contributed by atoms with Crippen LogP contribution in [0.1, 0.15) is 12.8 Å². The van der Waals surface area contributed by atoms with E-state index in [4.69, 9.17) is 18.9 Å². The average Bonchev–Trinajstić information content (AvgIpc) is 2.59. The van der Waals surface area contributed by atoms with E-state index in [2.05, 4.69) is 0 Å². The summed E-state index contributed by atoms with van der Waals surface area (Å²) in [7, 11) is 6.18. The van der Waals surface area contributed by atoms with Crippen LogP contribution in [0.3, 0.4) is 0 Å². The van der Waals surface area contributed by atoms with Crippen LogP contribution in [-0.4, -0.2) is 46.8 Å². The van der Waals surface area contributed by atoms with Crippen molar-refractivity contribution in [3.8, 4) is 0 Å².